The molecule has 1 aliphatic rings. The molecule has 0 bridgehead atoms. The van der Waals surface area contributed by atoms with E-state index in [0.29, 0.717) is 18.8 Å². The highest BCUT2D eigenvalue weighted by molar-refractivity contribution is 5.71. The molecule has 0 aliphatic carbocycles. The summed E-state index contributed by atoms with van der Waals surface area (Å²) in [5.41, 5.74) is 2.11. The minimum atomic E-state index is -0.333. The predicted octanol–water partition coefficient (Wildman–Crippen LogP) is 3.28. The predicted molar refractivity (Wildman–Crippen MR) is 105 cm³/mol. The highest BCUT2D eigenvalue weighted by Gasteiger charge is 2.23. The highest BCUT2D eigenvalue weighted by Crippen LogP contribution is 2.37. The monoisotopic (exact) mass is 377 g/mol. The molecule has 0 unspecified atom stereocenters. The Bertz CT molecular complexity index is 658. The van der Waals surface area contributed by atoms with E-state index in [-0.39, 0.29) is 24.6 Å². The maximum Gasteiger partial charge on any atom is 0.308 e. The van der Waals surface area contributed by atoms with E-state index in [0.717, 1.165) is 30.0 Å². The van der Waals surface area contributed by atoms with Crippen molar-refractivity contribution in [2.45, 2.75) is 45.4 Å². The third-order valence-electron chi connectivity index (χ3n) is 4.60. The summed E-state index contributed by atoms with van der Waals surface area (Å²) in [6.07, 6.45) is 4.29. The van der Waals surface area contributed by atoms with Crippen molar-refractivity contribution in [1.29, 1.82) is 0 Å². The molecule has 2 atom stereocenters. The second-order valence-electron chi connectivity index (χ2n) is 6.79. The second-order valence-corrected chi connectivity index (χ2v) is 6.79. The van der Waals surface area contributed by atoms with Crippen LogP contribution in [0.3, 0.4) is 0 Å². The van der Waals surface area contributed by atoms with E-state index in [2.05, 4.69) is 24.9 Å². The average molecular weight is 377 g/mol. The molecule has 6 nitrogen and oxygen atoms in total. The molecule has 2 rings (SSSR count). The van der Waals surface area contributed by atoms with E-state index in [1.807, 2.05) is 25.1 Å². The molecule has 0 amide bonds. The van der Waals surface area contributed by atoms with E-state index in [9.17, 15) is 4.79 Å². The number of ether oxygens (including phenoxy) is 4. The Morgan fingerprint density at radius 2 is 2.11 bits per heavy atom. The van der Waals surface area contributed by atoms with Crippen molar-refractivity contribution in [2.24, 2.45) is 0 Å². The zero-order valence-corrected chi connectivity index (χ0v) is 17.0. The van der Waals surface area contributed by atoms with Crippen molar-refractivity contribution in [3.8, 4) is 11.5 Å². The van der Waals surface area contributed by atoms with Gasteiger partial charge < -0.3 is 23.8 Å². The molecule has 0 radical (unpaired) electrons. The summed E-state index contributed by atoms with van der Waals surface area (Å²) in [5.74, 6) is 1.18. The molecule has 1 aromatic rings. The van der Waals surface area contributed by atoms with E-state index in [1.165, 1.54) is 0 Å². The summed E-state index contributed by atoms with van der Waals surface area (Å²) in [7, 11) is 5.29. The van der Waals surface area contributed by atoms with Crippen LogP contribution in [0, 0.1) is 0 Å². The topological polar surface area (TPSA) is 57.2 Å². The standard InChI is InChI=1S/C21H31NO5/c1-6-22(3)14-16-7-10-19(25-5)21-18(16)9-8-17(13-15(2)26-21)27-20(23)11-12-24-4/h7-10,15,17H,6,11-14H2,1-5H3/b9-8-/t15-,17+/m1/s1. The molecule has 0 N–H and O–H groups in total. The van der Waals surface area contributed by atoms with Gasteiger partial charge in [-0.1, -0.05) is 19.1 Å². The summed E-state index contributed by atoms with van der Waals surface area (Å²) >= 11 is 0. The van der Waals surface area contributed by atoms with Gasteiger partial charge in [-0.2, -0.15) is 0 Å². The Labute approximate surface area is 162 Å². The molecular weight excluding hydrogens is 346 g/mol. The summed E-state index contributed by atoms with van der Waals surface area (Å²) in [6.45, 7) is 6.19. The van der Waals surface area contributed by atoms with Crippen LogP contribution in [0.4, 0.5) is 0 Å². The third kappa shape index (κ3) is 5.97. The Hall–Kier alpha value is -2.05. The Morgan fingerprint density at radius 1 is 1.33 bits per heavy atom. The van der Waals surface area contributed by atoms with Crippen LogP contribution in [0.2, 0.25) is 0 Å². The third-order valence-corrected chi connectivity index (χ3v) is 4.60. The number of methoxy groups -OCH3 is 2. The van der Waals surface area contributed by atoms with Gasteiger partial charge in [-0.05, 0) is 38.2 Å². The average Bonchev–Trinajstić information content (AvgIpc) is 2.64. The van der Waals surface area contributed by atoms with Crippen molar-refractivity contribution < 1.29 is 23.7 Å². The summed E-state index contributed by atoms with van der Waals surface area (Å²) in [5, 5.41) is 0. The van der Waals surface area contributed by atoms with E-state index >= 15 is 0 Å². The van der Waals surface area contributed by atoms with Crippen molar-refractivity contribution in [3.63, 3.8) is 0 Å². The number of carbonyl (C=O) groups excluding carboxylic acids is 1. The molecule has 0 fully saturated rings. The first-order valence-electron chi connectivity index (χ1n) is 9.40. The van der Waals surface area contributed by atoms with E-state index in [4.69, 9.17) is 18.9 Å². The van der Waals surface area contributed by atoms with Crippen LogP contribution in [0.25, 0.3) is 6.08 Å². The van der Waals surface area contributed by atoms with Gasteiger partial charge in [0.25, 0.3) is 0 Å². The van der Waals surface area contributed by atoms with Crippen LogP contribution in [0.5, 0.6) is 11.5 Å². The number of hydrogen-bond donors (Lipinski definition) is 0. The minimum Gasteiger partial charge on any atom is -0.493 e. The number of rotatable bonds is 8. The smallest absolute Gasteiger partial charge is 0.308 e. The summed E-state index contributed by atoms with van der Waals surface area (Å²) in [4.78, 5) is 14.2. The zero-order chi connectivity index (χ0) is 19.8. The number of benzene rings is 1. The molecule has 1 aliphatic heterocycles. The molecule has 27 heavy (non-hydrogen) atoms. The van der Waals surface area contributed by atoms with Crippen molar-refractivity contribution in [1.82, 2.24) is 4.90 Å². The van der Waals surface area contributed by atoms with Crippen molar-refractivity contribution in [2.75, 3.05) is 34.4 Å². The van der Waals surface area contributed by atoms with Crippen LogP contribution in [0.15, 0.2) is 18.2 Å². The van der Waals surface area contributed by atoms with Crippen molar-refractivity contribution in [3.05, 3.63) is 29.3 Å². The largest absolute Gasteiger partial charge is 0.493 e. The molecule has 0 saturated heterocycles. The van der Waals surface area contributed by atoms with Gasteiger partial charge in [0.1, 0.15) is 6.10 Å². The maximum absolute atomic E-state index is 12.0. The van der Waals surface area contributed by atoms with Crippen LogP contribution in [-0.2, 0) is 20.8 Å². The number of hydrogen-bond acceptors (Lipinski definition) is 6. The Morgan fingerprint density at radius 3 is 2.78 bits per heavy atom. The highest BCUT2D eigenvalue weighted by atomic mass is 16.6. The lowest BCUT2D eigenvalue weighted by molar-refractivity contribution is -0.148. The molecule has 1 aromatic carbocycles. The van der Waals surface area contributed by atoms with Gasteiger partial charge in [0.05, 0.1) is 26.2 Å². The molecule has 0 saturated carbocycles. The fraction of sp³-hybridized carbons (Fsp3) is 0.571. The summed E-state index contributed by atoms with van der Waals surface area (Å²) in [6, 6.07) is 4.01. The van der Waals surface area contributed by atoms with Gasteiger partial charge in [0.2, 0.25) is 0 Å². The van der Waals surface area contributed by atoms with Gasteiger partial charge in [-0.15, -0.1) is 0 Å². The van der Waals surface area contributed by atoms with Gasteiger partial charge in [-0.25, -0.2) is 0 Å². The van der Waals surface area contributed by atoms with Crippen LogP contribution in [0.1, 0.15) is 37.8 Å². The van der Waals surface area contributed by atoms with Crippen molar-refractivity contribution >= 4 is 12.0 Å². The normalized spacial score (nSPS) is 20.2. The summed E-state index contributed by atoms with van der Waals surface area (Å²) < 4.78 is 22.2. The molecule has 150 valence electrons. The number of fused-ring (bicyclic) bond motifs is 1. The first-order valence-corrected chi connectivity index (χ1v) is 9.40. The number of nitrogens with zero attached hydrogens (tertiary/aromatic N) is 1. The van der Waals surface area contributed by atoms with Gasteiger partial charge in [0.15, 0.2) is 11.5 Å². The lowest BCUT2D eigenvalue weighted by atomic mass is 10.0. The van der Waals surface area contributed by atoms with Gasteiger partial charge in [0, 0.05) is 25.6 Å². The SMILES string of the molecule is CCN(C)Cc1ccc(OC)c2c1/C=C\[C@H](OC(=O)CCOC)C[C@@H](C)O2. The van der Waals surface area contributed by atoms with E-state index in [1.54, 1.807) is 14.2 Å². The lowest BCUT2D eigenvalue weighted by Gasteiger charge is -2.26. The van der Waals surface area contributed by atoms with Crippen LogP contribution in [-0.4, -0.2) is 57.5 Å². The van der Waals surface area contributed by atoms with Gasteiger partial charge >= 0.3 is 5.97 Å². The van der Waals surface area contributed by atoms with Gasteiger partial charge in [-0.3, -0.25) is 4.79 Å². The zero-order valence-electron chi connectivity index (χ0n) is 17.0. The number of carbonyl (C=O) groups is 1. The quantitative estimate of drug-likeness (QED) is 0.648. The first-order chi connectivity index (χ1) is 13.0. The molecule has 0 spiro atoms. The fourth-order valence-corrected chi connectivity index (χ4v) is 2.98. The second kappa shape index (κ2) is 10.3. The number of esters is 1. The van der Waals surface area contributed by atoms with Crippen LogP contribution < -0.4 is 9.47 Å². The maximum atomic E-state index is 12.0. The van der Waals surface area contributed by atoms with Crippen LogP contribution >= 0.6 is 0 Å². The first kappa shape index (κ1) is 21.3. The minimum absolute atomic E-state index is 0.123. The lowest BCUT2D eigenvalue weighted by Crippen LogP contribution is -2.26. The molecule has 0 aromatic heterocycles. The molecule has 1 heterocycles. The molecule has 6 heteroatoms. The Kier molecular flexibility index (Phi) is 8.13. The molecular formula is C21H31NO5. The van der Waals surface area contributed by atoms with E-state index < -0.39 is 0 Å². The Balaban J connectivity index is 2.32. The fourth-order valence-electron chi connectivity index (χ4n) is 2.98.